The van der Waals surface area contributed by atoms with E-state index in [9.17, 15) is 4.79 Å². The number of carbonyl (C=O) groups is 1. The second-order valence-corrected chi connectivity index (χ2v) is 9.60. The summed E-state index contributed by atoms with van der Waals surface area (Å²) in [6, 6.07) is 14.3. The number of quaternary nitrogens is 1. The van der Waals surface area contributed by atoms with Gasteiger partial charge >= 0.3 is 0 Å². The molecule has 2 aromatic rings. The topological polar surface area (TPSA) is 38.3 Å². The molecular formula is C28H41N2O2Y+. The van der Waals surface area contributed by atoms with E-state index in [4.69, 9.17) is 4.74 Å². The van der Waals surface area contributed by atoms with Crippen LogP contribution in [0.25, 0.3) is 0 Å². The zero-order valence-corrected chi connectivity index (χ0v) is 24.1. The summed E-state index contributed by atoms with van der Waals surface area (Å²) in [7, 11) is 1.68. The number of benzene rings is 2. The van der Waals surface area contributed by atoms with Crippen molar-refractivity contribution in [3.8, 4) is 5.75 Å². The Morgan fingerprint density at radius 2 is 1.52 bits per heavy atom. The molecule has 1 amide bonds. The van der Waals surface area contributed by atoms with Crippen molar-refractivity contribution in [3.63, 3.8) is 0 Å². The first kappa shape index (κ1) is 28.0. The molecule has 5 heteroatoms. The Balaban J connectivity index is 0.000000413. The van der Waals surface area contributed by atoms with E-state index in [-0.39, 0.29) is 44.2 Å². The van der Waals surface area contributed by atoms with Gasteiger partial charge in [-0.3, -0.25) is 4.79 Å². The van der Waals surface area contributed by atoms with Crippen LogP contribution >= 0.6 is 0 Å². The zero-order chi connectivity index (χ0) is 23.2. The molecule has 0 unspecified atom stereocenters. The van der Waals surface area contributed by atoms with E-state index in [0.29, 0.717) is 0 Å². The minimum atomic E-state index is -0.197. The van der Waals surface area contributed by atoms with Gasteiger partial charge in [0, 0.05) is 51.2 Å². The molecular weight excluding hydrogens is 485 g/mol. The van der Waals surface area contributed by atoms with E-state index < -0.39 is 0 Å². The number of rotatable bonds is 5. The standard InChI is InChI=1S/C21H32N2O2.C7H8.Y/c1-5-23(12-8-6-7-9-13-23)21(10-11-21)20(24)22-19-16(2)14-18(25-4)15-17(19)3;1-7-5-3-2-4-6-7;/h14-15H,5-13H2,1-4H3;2-6H,1H3;/p+1. The molecule has 1 aliphatic heterocycles. The van der Waals surface area contributed by atoms with E-state index in [2.05, 4.69) is 31.3 Å². The third kappa shape index (κ3) is 6.47. The molecule has 0 atom stereocenters. The van der Waals surface area contributed by atoms with E-state index in [1.165, 1.54) is 31.2 Å². The van der Waals surface area contributed by atoms with Crippen LogP contribution in [0.1, 0.15) is 62.1 Å². The van der Waals surface area contributed by atoms with E-state index in [1.807, 2.05) is 44.2 Å². The largest absolute Gasteiger partial charge is 0.497 e. The normalized spacial score (nSPS) is 18.0. The molecule has 177 valence electrons. The van der Waals surface area contributed by atoms with Crippen molar-refractivity contribution in [2.45, 2.75) is 71.8 Å². The Hall–Kier alpha value is -1.23. The Morgan fingerprint density at radius 3 is 1.91 bits per heavy atom. The summed E-state index contributed by atoms with van der Waals surface area (Å²) in [5.41, 5.74) is 4.22. The predicted molar refractivity (Wildman–Crippen MR) is 133 cm³/mol. The van der Waals surface area contributed by atoms with E-state index in [1.54, 1.807) is 7.11 Å². The zero-order valence-electron chi connectivity index (χ0n) is 21.2. The average molecular weight is 527 g/mol. The number of carbonyl (C=O) groups excluding carboxylic acids is 1. The molecule has 33 heavy (non-hydrogen) atoms. The first-order chi connectivity index (χ1) is 15.4. The molecule has 1 saturated heterocycles. The van der Waals surface area contributed by atoms with Crippen molar-refractivity contribution >= 4 is 11.6 Å². The smallest absolute Gasteiger partial charge is 0.285 e. The maximum Gasteiger partial charge on any atom is 0.285 e. The summed E-state index contributed by atoms with van der Waals surface area (Å²) in [6.45, 7) is 11.8. The van der Waals surface area contributed by atoms with Crippen molar-refractivity contribution in [2.24, 2.45) is 0 Å². The fraction of sp³-hybridized carbons (Fsp3) is 0.536. The first-order valence-electron chi connectivity index (χ1n) is 12.2. The molecule has 1 heterocycles. The molecule has 1 radical (unpaired) electrons. The molecule has 0 bridgehead atoms. The van der Waals surface area contributed by atoms with Gasteiger partial charge < -0.3 is 14.5 Å². The fourth-order valence-electron chi connectivity index (χ4n) is 5.38. The first-order valence-corrected chi connectivity index (χ1v) is 12.2. The quantitative estimate of drug-likeness (QED) is 0.472. The number of methoxy groups -OCH3 is 1. The van der Waals surface area contributed by atoms with Crippen LogP contribution in [0.5, 0.6) is 5.75 Å². The van der Waals surface area contributed by atoms with Gasteiger partial charge in [-0.25, -0.2) is 0 Å². The van der Waals surface area contributed by atoms with Gasteiger partial charge in [0.2, 0.25) is 0 Å². The predicted octanol–water partition coefficient (Wildman–Crippen LogP) is 6.19. The maximum absolute atomic E-state index is 13.4. The molecule has 2 aliphatic rings. The summed E-state index contributed by atoms with van der Waals surface area (Å²) in [6.07, 6.45) is 7.19. The van der Waals surface area contributed by atoms with Gasteiger partial charge in [0.05, 0.1) is 26.7 Å². The van der Waals surface area contributed by atoms with Crippen LogP contribution in [0.4, 0.5) is 5.69 Å². The second kappa shape index (κ2) is 12.5. The average Bonchev–Trinajstić information content (AvgIpc) is 3.62. The van der Waals surface area contributed by atoms with Gasteiger partial charge in [-0.2, -0.15) is 0 Å². The van der Waals surface area contributed by atoms with Crippen LogP contribution in [0.2, 0.25) is 0 Å². The van der Waals surface area contributed by atoms with Gasteiger partial charge in [-0.15, -0.1) is 0 Å². The number of amides is 1. The molecule has 1 N–H and O–H groups in total. The number of likely N-dealkylation sites (tertiary alicyclic amines) is 1. The third-order valence-electron chi connectivity index (χ3n) is 7.50. The van der Waals surface area contributed by atoms with Gasteiger partial charge in [0.1, 0.15) is 5.75 Å². The number of nitrogens with one attached hydrogen (secondary N) is 1. The molecule has 1 aliphatic carbocycles. The SMILES string of the molecule is CC[N+]1(C2(C(=O)Nc3c(C)cc(OC)cc3C)CC2)CCCCCC1.Cc1ccccc1.[Y]. The Bertz CT molecular complexity index is 878. The Morgan fingerprint density at radius 1 is 0.970 bits per heavy atom. The van der Waals surface area contributed by atoms with E-state index >= 15 is 0 Å². The number of ether oxygens (including phenoxy) is 1. The third-order valence-corrected chi connectivity index (χ3v) is 7.50. The number of hydrogen-bond donors (Lipinski definition) is 1. The van der Waals surface area contributed by atoms with Crippen LogP contribution in [0.15, 0.2) is 42.5 Å². The summed E-state index contributed by atoms with van der Waals surface area (Å²) >= 11 is 0. The molecule has 4 rings (SSSR count). The molecule has 0 spiro atoms. The number of likely N-dealkylation sites (N-methyl/N-ethyl adjacent to an activating group) is 1. The number of hydrogen-bond acceptors (Lipinski definition) is 2. The summed E-state index contributed by atoms with van der Waals surface area (Å²) in [5, 5.41) is 3.30. The van der Waals surface area contributed by atoms with Crippen LogP contribution in [0.3, 0.4) is 0 Å². The van der Waals surface area contributed by atoms with Gasteiger partial charge in [0.25, 0.3) is 5.91 Å². The van der Waals surface area contributed by atoms with E-state index in [0.717, 1.165) is 59.5 Å². The van der Waals surface area contributed by atoms with Gasteiger partial charge in [-0.05, 0) is 76.6 Å². The van der Waals surface area contributed by atoms with Crippen molar-refractivity contribution in [1.82, 2.24) is 0 Å². The molecule has 4 nitrogen and oxygen atoms in total. The van der Waals surface area contributed by atoms with Crippen LogP contribution in [0, 0.1) is 20.8 Å². The maximum atomic E-state index is 13.4. The summed E-state index contributed by atoms with van der Waals surface area (Å²) in [5.74, 6) is 1.08. The van der Waals surface area contributed by atoms with Crippen molar-refractivity contribution in [2.75, 3.05) is 32.1 Å². The fourth-order valence-corrected chi connectivity index (χ4v) is 5.38. The van der Waals surface area contributed by atoms with Crippen LogP contribution in [-0.4, -0.2) is 42.7 Å². The molecule has 2 fully saturated rings. The summed E-state index contributed by atoms with van der Waals surface area (Å²) < 4.78 is 6.34. The number of nitrogens with zero attached hydrogens (tertiary/aromatic N) is 1. The summed E-state index contributed by atoms with van der Waals surface area (Å²) in [4.78, 5) is 13.4. The second-order valence-electron chi connectivity index (χ2n) is 9.60. The van der Waals surface area contributed by atoms with Crippen molar-refractivity contribution in [3.05, 3.63) is 59.2 Å². The minimum Gasteiger partial charge on any atom is -0.497 e. The number of anilines is 1. The van der Waals surface area contributed by atoms with Crippen molar-refractivity contribution < 1.29 is 46.7 Å². The van der Waals surface area contributed by atoms with Crippen LogP contribution < -0.4 is 10.1 Å². The molecule has 2 aromatic carbocycles. The Kier molecular flexibility index (Phi) is 10.6. The molecule has 0 aromatic heterocycles. The molecule has 1 saturated carbocycles. The van der Waals surface area contributed by atoms with Gasteiger partial charge in [-0.1, -0.05) is 35.9 Å². The minimum absolute atomic E-state index is 0. The van der Waals surface area contributed by atoms with Gasteiger partial charge in [0.15, 0.2) is 5.54 Å². The monoisotopic (exact) mass is 526 g/mol. The van der Waals surface area contributed by atoms with Crippen molar-refractivity contribution in [1.29, 1.82) is 0 Å². The number of aryl methyl sites for hydroxylation is 3. The Labute approximate surface area is 226 Å². The van der Waals surface area contributed by atoms with Crippen LogP contribution in [-0.2, 0) is 37.5 Å².